The van der Waals surface area contributed by atoms with Gasteiger partial charge in [0, 0.05) is 69.3 Å². The lowest BCUT2D eigenvalue weighted by atomic mass is 9.96. The highest BCUT2D eigenvalue weighted by atomic mass is 15.1. The van der Waals surface area contributed by atoms with Gasteiger partial charge in [-0.15, -0.1) is 0 Å². The highest BCUT2D eigenvalue weighted by Crippen LogP contribution is 2.36. The van der Waals surface area contributed by atoms with E-state index in [-0.39, 0.29) is 0 Å². The van der Waals surface area contributed by atoms with E-state index >= 15 is 0 Å². The molecule has 0 unspecified atom stereocenters. The molecule has 5 aromatic heterocycles. The van der Waals surface area contributed by atoms with Crippen LogP contribution in [0.3, 0.4) is 0 Å². The van der Waals surface area contributed by atoms with Gasteiger partial charge < -0.3 is 0 Å². The Morgan fingerprint density at radius 2 is 0.639 bits per heavy atom. The Morgan fingerprint density at radius 3 is 1.11 bits per heavy atom. The third-order valence-electron chi connectivity index (χ3n) is 9.90. The second kappa shape index (κ2) is 16.4. The highest BCUT2D eigenvalue weighted by Gasteiger charge is 2.19. The van der Waals surface area contributed by atoms with Gasteiger partial charge in [-0.3, -0.25) is 9.97 Å². The Morgan fingerprint density at radius 1 is 0.262 bits per heavy atom. The SMILES string of the molecule is Cc1nc(-c2cccc(-c3nc(-c4cccnc4)nc(-c4cccnc4)n3)c2)nc(-c2ccc(-c3nc(-c4ccccc4)nc(-c4ccccc4)n3)c(-c3ccccc3)c2)n1. The molecule has 0 aliphatic heterocycles. The second-order valence-electron chi connectivity index (χ2n) is 14.1. The molecule has 0 aliphatic carbocycles. The Bertz CT molecular complexity index is 3020. The largest absolute Gasteiger partial charge is 0.264 e. The molecule has 0 saturated carbocycles. The number of rotatable bonds is 9. The molecule has 61 heavy (non-hydrogen) atoms. The summed E-state index contributed by atoms with van der Waals surface area (Å²) in [5.74, 6) is 4.85. The molecule has 0 saturated heterocycles. The lowest BCUT2D eigenvalue weighted by molar-refractivity contribution is 0.991. The van der Waals surface area contributed by atoms with E-state index in [1.165, 1.54) is 0 Å². The van der Waals surface area contributed by atoms with Crippen molar-refractivity contribution in [1.82, 2.24) is 54.8 Å². The van der Waals surface area contributed by atoms with E-state index in [9.17, 15) is 0 Å². The van der Waals surface area contributed by atoms with Gasteiger partial charge in [0.25, 0.3) is 0 Å². The minimum absolute atomic E-state index is 0.493. The molecule has 0 atom stereocenters. The van der Waals surface area contributed by atoms with Crippen molar-refractivity contribution in [2.75, 3.05) is 0 Å². The predicted molar refractivity (Wildman–Crippen MR) is 236 cm³/mol. The maximum Gasteiger partial charge on any atom is 0.165 e. The Balaban J connectivity index is 1.07. The van der Waals surface area contributed by atoms with Gasteiger partial charge in [-0.05, 0) is 60.5 Å². The Kier molecular flexibility index (Phi) is 9.85. The van der Waals surface area contributed by atoms with Crippen LogP contribution in [0, 0.1) is 6.92 Å². The molecule has 0 bridgehead atoms. The van der Waals surface area contributed by atoms with Crippen LogP contribution in [0.15, 0.2) is 183 Å². The fraction of sp³-hybridized carbons (Fsp3) is 0.0200. The highest BCUT2D eigenvalue weighted by molar-refractivity contribution is 5.85. The maximum absolute atomic E-state index is 5.05. The number of aromatic nitrogens is 11. The first-order valence-electron chi connectivity index (χ1n) is 19.6. The van der Waals surface area contributed by atoms with Gasteiger partial charge in [-0.25, -0.2) is 44.9 Å². The average Bonchev–Trinajstić information content (AvgIpc) is 3.34. The Hall–Kier alpha value is -8.57. The molecular formula is C50H33N11. The molecule has 10 aromatic rings. The molecule has 0 fully saturated rings. The van der Waals surface area contributed by atoms with E-state index < -0.39 is 0 Å². The van der Waals surface area contributed by atoms with Gasteiger partial charge >= 0.3 is 0 Å². The zero-order chi connectivity index (χ0) is 41.0. The van der Waals surface area contributed by atoms with Crippen LogP contribution in [-0.2, 0) is 0 Å². The van der Waals surface area contributed by atoms with Gasteiger partial charge in [-0.1, -0.05) is 115 Å². The van der Waals surface area contributed by atoms with Crippen molar-refractivity contribution in [2.24, 2.45) is 0 Å². The van der Waals surface area contributed by atoms with E-state index in [2.05, 4.69) is 28.2 Å². The van der Waals surface area contributed by atoms with Crippen molar-refractivity contribution >= 4 is 0 Å². The number of benzene rings is 5. The molecule has 10 rings (SSSR count). The van der Waals surface area contributed by atoms with Crippen LogP contribution in [0.5, 0.6) is 0 Å². The summed E-state index contributed by atoms with van der Waals surface area (Å²) in [5.41, 5.74) is 8.47. The zero-order valence-electron chi connectivity index (χ0n) is 32.7. The quantitative estimate of drug-likeness (QED) is 0.138. The fourth-order valence-corrected chi connectivity index (χ4v) is 6.95. The molecular weight excluding hydrogens is 755 g/mol. The average molecular weight is 788 g/mol. The van der Waals surface area contributed by atoms with E-state index in [1.807, 2.05) is 146 Å². The zero-order valence-corrected chi connectivity index (χ0v) is 32.7. The van der Waals surface area contributed by atoms with Crippen molar-refractivity contribution in [1.29, 1.82) is 0 Å². The molecule has 5 heterocycles. The smallest absolute Gasteiger partial charge is 0.165 e. The normalized spacial score (nSPS) is 11.0. The molecule has 0 spiro atoms. The fourth-order valence-electron chi connectivity index (χ4n) is 6.95. The standard InChI is InChI=1S/C50H33N11/c1-32-53-45(36-20-11-21-37(28-36)47-57-48(39-22-12-26-51-30-39)59-49(58-47)40-23-13-27-52-31-40)56-46(54-32)38-24-25-41(42(29-38)33-14-5-2-6-15-33)50-60-43(34-16-7-3-8-17-34)55-44(61-50)35-18-9-4-10-19-35/h2-31H,1H3. The van der Waals surface area contributed by atoms with Crippen LogP contribution < -0.4 is 0 Å². The van der Waals surface area contributed by atoms with Crippen LogP contribution >= 0.6 is 0 Å². The summed E-state index contributed by atoms with van der Waals surface area (Å²) in [6.45, 7) is 1.87. The van der Waals surface area contributed by atoms with Crippen LogP contribution in [0.25, 0.3) is 102 Å². The third-order valence-corrected chi connectivity index (χ3v) is 9.90. The van der Waals surface area contributed by atoms with E-state index in [1.54, 1.807) is 24.8 Å². The number of hydrogen-bond donors (Lipinski definition) is 0. The molecule has 288 valence electrons. The lowest BCUT2D eigenvalue weighted by Crippen LogP contribution is -2.03. The molecule has 0 aliphatic rings. The molecule has 0 amide bonds. The summed E-state index contributed by atoms with van der Waals surface area (Å²) < 4.78 is 0. The predicted octanol–water partition coefficient (Wildman–Crippen LogP) is 10.3. The van der Waals surface area contributed by atoms with Gasteiger partial charge in [0.05, 0.1) is 0 Å². The summed E-state index contributed by atoms with van der Waals surface area (Å²) >= 11 is 0. The molecule has 11 heteroatoms. The molecule has 11 nitrogen and oxygen atoms in total. The topological polar surface area (TPSA) is 142 Å². The van der Waals surface area contributed by atoms with Crippen molar-refractivity contribution in [3.63, 3.8) is 0 Å². The minimum atomic E-state index is 0.493. The van der Waals surface area contributed by atoms with Crippen molar-refractivity contribution in [2.45, 2.75) is 6.92 Å². The van der Waals surface area contributed by atoms with Crippen LogP contribution in [0.4, 0.5) is 0 Å². The third kappa shape index (κ3) is 7.86. The minimum Gasteiger partial charge on any atom is -0.264 e. The van der Waals surface area contributed by atoms with Crippen LogP contribution in [0.2, 0.25) is 0 Å². The summed E-state index contributed by atoms with van der Waals surface area (Å²) in [6.07, 6.45) is 6.91. The summed E-state index contributed by atoms with van der Waals surface area (Å²) in [6, 6.07) is 51.7. The molecule has 5 aromatic carbocycles. The van der Waals surface area contributed by atoms with Gasteiger partial charge in [0.2, 0.25) is 0 Å². The second-order valence-corrected chi connectivity index (χ2v) is 14.1. The van der Waals surface area contributed by atoms with Crippen LogP contribution in [0.1, 0.15) is 5.82 Å². The van der Waals surface area contributed by atoms with E-state index in [0.29, 0.717) is 52.4 Å². The van der Waals surface area contributed by atoms with Gasteiger partial charge in [0.1, 0.15) is 5.82 Å². The number of pyridine rings is 2. The first-order chi connectivity index (χ1) is 30.1. The summed E-state index contributed by atoms with van der Waals surface area (Å²) in [7, 11) is 0. The van der Waals surface area contributed by atoms with Crippen molar-refractivity contribution < 1.29 is 0 Å². The monoisotopic (exact) mass is 787 g/mol. The molecule has 0 N–H and O–H groups in total. The number of hydrogen-bond acceptors (Lipinski definition) is 11. The van der Waals surface area contributed by atoms with Crippen molar-refractivity contribution in [3.8, 4) is 102 Å². The lowest BCUT2D eigenvalue weighted by Gasteiger charge is -2.14. The first kappa shape index (κ1) is 36.7. The van der Waals surface area contributed by atoms with Gasteiger partial charge in [-0.2, -0.15) is 0 Å². The molecule has 0 radical (unpaired) electrons. The maximum atomic E-state index is 5.05. The van der Waals surface area contributed by atoms with Crippen molar-refractivity contribution in [3.05, 3.63) is 188 Å². The summed E-state index contributed by atoms with van der Waals surface area (Å²) in [4.78, 5) is 52.8. The number of nitrogens with zero attached hydrogens (tertiary/aromatic N) is 11. The van der Waals surface area contributed by atoms with Gasteiger partial charge in [0.15, 0.2) is 46.6 Å². The van der Waals surface area contributed by atoms with E-state index in [0.717, 1.165) is 55.6 Å². The first-order valence-corrected chi connectivity index (χ1v) is 19.6. The summed E-state index contributed by atoms with van der Waals surface area (Å²) in [5, 5.41) is 0. The van der Waals surface area contributed by atoms with Crippen LogP contribution in [-0.4, -0.2) is 54.8 Å². The van der Waals surface area contributed by atoms with E-state index in [4.69, 9.17) is 44.9 Å². The number of aryl methyl sites for hydroxylation is 1. The Labute approximate surface area is 351 Å².